The predicted molar refractivity (Wildman–Crippen MR) is 77.4 cm³/mol. The van der Waals surface area contributed by atoms with Gasteiger partial charge in [-0.15, -0.1) is 0 Å². The van der Waals surface area contributed by atoms with Crippen LogP contribution in [0.1, 0.15) is 25.3 Å². The van der Waals surface area contributed by atoms with Crippen LogP contribution in [-0.4, -0.2) is 26.3 Å². The molecule has 0 fully saturated rings. The van der Waals surface area contributed by atoms with E-state index in [4.69, 9.17) is 9.47 Å². The average Bonchev–Trinajstić information content (AvgIpc) is 2.48. The fourth-order valence-electron chi connectivity index (χ4n) is 2.51. The first-order chi connectivity index (χ1) is 9.35. The van der Waals surface area contributed by atoms with Crippen LogP contribution < -0.4 is 10.1 Å². The zero-order valence-corrected chi connectivity index (χ0v) is 11.8. The molecule has 1 aliphatic rings. The van der Waals surface area contributed by atoms with E-state index in [1.807, 2.05) is 18.4 Å². The van der Waals surface area contributed by atoms with Crippen LogP contribution in [0, 0.1) is 0 Å². The number of hydrogen-bond donors (Lipinski definition) is 1. The molecular formula is C16H23NO2. The average molecular weight is 261 g/mol. The van der Waals surface area contributed by atoms with Crippen molar-refractivity contribution in [1.29, 1.82) is 0 Å². The summed E-state index contributed by atoms with van der Waals surface area (Å²) in [6.45, 7) is 3.94. The number of rotatable bonds is 6. The molecule has 0 radical (unpaired) electrons. The van der Waals surface area contributed by atoms with E-state index in [0.717, 1.165) is 38.2 Å². The van der Waals surface area contributed by atoms with Gasteiger partial charge in [-0.05, 0) is 43.0 Å². The summed E-state index contributed by atoms with van der Waals surface area (Å²) in [6, 6.07) is 8.55. The van der Waals surface area contributed by atoms with E-state index in [0.29, 0.717) is 6.04 Å². The first-order valence-electron chi connectivity index (χ1n) is 7.01. The molecule has 1 aromatic carbocycles. The van der Waals surface area contributed by atoms with Gasteiger partial charge in [0.15, 0.2) is 0 Å². The number of benzene rings is 1. The van der Waals surface area contributed by atoms with Gasteiger partial charge in [0.05, 0.1) is 20.0 Å². The summed E-state index contributed by atoms with van der Waals surface area (Å²) in [5.41, 5.74) is 2.60. The van der Waals surface area contributed by atoms with E-state index in [1.54, 1.807) is 7.11 Å². The van der Waals surface area contributed by atoms with Crippen molar-refractivity contribution in [3.8, 4) is 5.75 Å². The molecule has 0 saturated heterocycles. The second-order valence-electron chi connectivity index (χ2n) is 4.79. The first-order valence-corrected chi connectivity index (χ1v) is 7.01. The number of ether oxygens (including phenoxy) is 2. The summed E-state index contributed by atoms with van der Waals surface area (Å²) in [5, 5.41) is 3.55. The van der Waals surface area contributed by atoms with Gasteiger partial charge >= 0.3 is 0 Å². The van der Waals surface area contributed by atoms with Gasteiger partial charge in [0.25, 0.3) is 0 Å². The minimum absolute atomic E-state index is 0.335. The van der Waals surface area contributed by atoms with Gasteiger partial charge in [-0.25, -0.2) is 0 Å². The summed E-state index contributed by atoms with van der Waals surface area (Å²) >= 11 is 0. The largest absolute Gasteiger partial charge is 0.501 e. The molecule has 0 bridgehead atoms. The molecule has 1 heterocycles. The van der Waals surface area contributed by atoms with Crippen LogP contribution in [0.25, 0.3) is 0 Å². The molecule has 0 saturated carbocycles. The third kappa shape index (κ3) is 3.74. The molecule has 1 aliphatic heterocycles. The van der Waals surface area contributed by atoms with E-state index in [1.165, 1.54) is 11.1 Å². The van der Waals surface area contributed by atoms with Crippen molar-refractivity contribution < 1.29 is 9.47 Å². The monoisotopic (exact) mass is 261 g/mol. The van der Waals surface area contributed by atoms with E-state index < -0.39 is 0 Å². The zero-order valence-electron chi connectivity index (χ0n) is 11.8. The maximum absolute atomic E-state index is 5.47. The lowest BCUT2D eigenvalue weighted by Crippen LogP contribution is -2.34. The van der Waals surface area contributed by atoms with Gasteiger partial charge < -0.3 is 14.8 Å². The lowest BCUT2D eigenvalue weighted by molar-refractivity contribution is 0.219. The molecule has 1 aromatic rings. The van der Waals surface area contributed by atoms with Gasteiger partial charge in [0, 0.05) is 6.04 Å². The fraction of sp³-hybridized carbons (Fsp3) is 0.500. The Morgan fingerprint density at radius 2 is 2.21 bits per heavy atom. The van der Waals surface area contributed by atoms with Gasteiger partial charge in [0.1, 0.15) is 5.75 Å². The van der Waals surface area contributed by atoms with E-state index in [-0.39, 0.29) is 0 Å². The van der Waals surface area contributed by atoms with Crippen LogP contribution in [0.2, 0.25) is 0 Å². The minimum Gasteiger partial charge on any atom is -0.501 e. The number of hydrogen-bond acceptors (Lipinski definition) is 3. The van der Waals surface area contributed by atoms with E-state index in [9.17, 15) is 0 Å². The molecule has 1 unspecified atom stereocenters. The van der Waals surface area contributed by atoms with Gasteiger partial charge in [-0.3, -0.25) is 0 Å². The predicted octanol–water partition coefficient (Wildman–Crippen LogP) is 2.91. The maximum Gasteiger partial charge on any atom is 0.122 e. The first kappa shape index (κ1) is 13.9. The summed E-state index contributed by atoms with van der Waals surface area (Å²) in [6.07, 6.45) is 5.10. The molecular weight excluding hydrogens is 238 g/mol. The highest BCUT2D eigenvalue weighted by Crippen LogP contribution is 2.24. The van der Waals surface area contributed by atoms with Crippen LogP contribution in [0.3, 0.4) is 0 Å². The number of methoxy groups -OCH3 is 1. The SMILES string of the molecule is CCNC(Cc1ccccc1OC)C1=COCCC1. The third-order valence-electron chi connectivity index (χ3n) is 3.48. The summed E-state index contributed by atoms with van der Waals surface area (Å²) in [5.74, 6) is 0.961. The molecule has 1 atom stereocenters. The standard InChI is InChI=1S/C16H23NO2/c1-3-17-15(14-8-6-10-19-12-14)11-13-7-4-5-9-16(13)18-2/h4-5,7,9,12,15,17H,3,6,8,10-11H2,1-2H3. The molecule has 0 amide bonds. The normalized spacial score (nSPS) is 16.4. The molecule has 3 heteroatoms. The van der Waals surface area contributed by atoms with Crippen molar-refractivity contribution in [2.45, 2.75) is 32.2 Å². The van der Waals surface area contributed by atoms with E-state index in [2.05, 4.69) is 24.4 Å². The van der Waals surface area contributed by atoms with Gasteiger partial charge in [0.2, 0.25) is 0 Å². The van der Waals surface area contributed by atoms with Crippen LogP contribution in [0.5, 0.6) is 5.75 Å². The summed E-state index contributed by atoms with van der Waals surface area (Å²) in [4.78, 5) is 0. The third-order valence-corrected chi connectivity index (χ3v) is 3.48. The Bertz CT molecular complexity index is 429. The molecule has 2 rings (SSSR count). The van der Waals surface area contributed by atoms with Crippen LogP contribution >= 0.6 is 0 Å². The smallest absolute Gasteiger partial charge is 0.122 e. The van der Waals surface area contributed by atoms with Crippen molar-refractivity contribution >= 4 is 0 Å². The molecule has 19 heavy (non-hydrogen) atoms. The quantitative estimate of drug-likeness (QED) is 0.854. The van der Waals surface area contributed by atoms with Crippen LogP contribution in [0.15, 0.2) is 36.1 Å². The summed E-state index contributed by atoms with van der Waals surface area (Å²) < 4.78 is 10.9. The molecule has 3 nitrogen and oxygen atoms in total. The van der Waals surface area contributed by atoms with Gasteiger partial charge in [-0.1, -0.05) is 25.1 Å². The number of nitrogens with one attached hydrogen (secondary N) is 1. The highest BCUT2D eigenvalue weighted by Gasteiger charge is 2.18. The number of para-hydroxylation sites is 1. The number of likely N-dealkylation sites (N-methyl/N-ethyl adjacent to an activating group) is 1. The highest BCUT2D eigenvalue weighted by molar-refractivity contribution is 5.35. The Hall–Kier alpha value is -1.48. The Kier molecular flexibility index (Phi) is 5.28. The zero-order chi connectivity index (χ0) is 13.5. The van der Waals surface area contributed by atoms with E-state index >= 15 is 0 Å². The molecule has 0 aliphatic carbocycles. The highest BCUT2D eigenvalue weighted by atomic mass is 16.5. The van der Waals surface area contributed by atoms with Crippen molar-refractivity contribution in [2.24, 2.45) is 0 Å². The lowest BCUT2D eigenvalue weighted by atomic mass is 9.95. The second kappa shape index (κ2) is 7.19. The van der Waals surface area contributed by atoms with Crippen molar-refractivity contribution in [3.63, 3.8) is 0 Å². The Labute approximate surface area is 115 Å². The van der Waals surface area contributed by atoms with Crippen LogP contribution in [-0.2, 0) is 11.2 Å². The van der Waals surface area contributed by atoms with Gasteiger partial charge in [-0.2, -0.15) is 0 Å². The van der Waals surface area contributed by atoms with Crippen molar-refractivity contribution in [2.75, 3.05) is 20.3 Å². The second-order valence-corrected chi connectivity index (χ2v) is 4.79. The fourth-order valence-corrected chi connectivity index (χ4v) is 2.51. The van der Waals surface area contributed by atoms with Crippen molar-refractivity contribution in [1.82, 2.24) is 5.32 Å². The molecule has 1 N–H and O–H groups in total. The molecule has 104 valence electrons. The minimum atomic E-state index is 0.335. The van der Waals surface area contributed by atoms with Crippen LogP contribution in [0.4, 0.5) is 0 Å². The molecule has 0 spiro atoms. The lowest BCUT2D eigenvalue weighted by Gasteiger charge is -2.24. The molecule has 0 aromatic heterocycles. The Morgan fingerprint density at radius 3 is 2.89 bits per heavy atom. The maximum atomic E-state index is 5.47. The van der Waals surface area contributed by atoms with Crippen molar-refractivity contribution in [3.05, 3.63) is 41.7 Å². The Balaban J connectivity index is 2.13. The topological polar surface area (TPSA) is 30.5 Å². The summed E-state index contributed by atoms with van der Waals surface area (Å²) in [7, 11) is 1.73. The Morgan fingerprint density at radius 1 is 1.37 bits per heavy atom.